The predicted molar refractivity (Wildman–Crippen MR) is 79.1 cm³/mol. The predicted octanol–water partition coefficient (Wildman–Crippen LogP) is 3.67. The second kappa shape index (κ2) is 5.13. The van der Waals surface area contributed by atoms with E-state index in [9.17, 15) is 4.79 Å². The lowest BCUT2D eigenvalue weighted by Crippen LogP contribution is -1.99. The second-order valence-corrected chi connectivity index (χ2v) is 4.54. The summed E-state index contributed by atoms with van der Waals surface area (Å²) in [6.07, 6.45) is 1.73. The fourth-order valence-electron chi connectivity index (χ4n) is 2.08. The summed E-state index contributed by atoms with van der Waals surface area (Å²) in [6.45, 7) is 1.66. The van der Waals surface area contributed by atoms with E-state index in [2.05, 4.69) is 17.1 Å². The van der Waals surface area contributed by atoms with Gasteiger partial charge in [0.1, 0.15) is 0 Å². The largest absolute Gasteiger partial charge is 0.407 e. The maximum Gasteiger partial charge on any atom is 0.363 e. The summed E-state index contributed by atoms with van der Waals surface area (Å²) >= 11 is 0. The average Bonchev–Trinajstić information content (AvgIpc) is 2.79. The number of hydrogen-bond donors (Lipinski definition) is 0. The first kappa shape index (κ1) is 12.4. The smallest absolute Gasteiger partial charge is 0.363 e. The Balaban J connectivity index is 1.88. The number of esters is 1. The van der Waals surface area contributed by atoms with Gasteiger partial charge in [-0.2, -0.15) is 0 Å². The number of rotatable bonds is 2. The van der Waals surface area contributed by atoms with E-state index in [-0.39, 0.29) is 0 Å². The Kier molecular flexibility index (Phi) is 3.17. The Morgan fingerprint density at radius 1 is 0.950 bits per heavy atom. The topological polar surface area (TPSA) is 38.7 Å². The molecule has 1 aliphatic heterocycles. The molecule has 20 heavy (non-hydrogen) atoms. The third-order valence-electron chi connectivity index (χ3n) is 3.05. The van der Waals surface area contributed by atoms with Crippen molar-refractivity contribution < 1.29 is 9.53 Å². The quantitative estimate of drug-likeness (QED) is 0.612. The van der Waals surface area contributed by atoms with Gasteiger partial charge in [0, 0.05) is 6.92 Å². The molecule has 0 atom stereocenters. The van der Waals surface area contributed by atoms with E-state index >= 15 is 0 Å². The van der Waals surface area contributed by atoms with Gasteiger partial charge in [0.15, 0.2) is 11.6 Å². The van der Waals surface area contributed by atoms with Gasteiger partial charge in [-0.25, -0.2) is 9.79 Å². The number of cyclic esters (lactones) is 1. The third kappa shape index (κ3) is 2.52. The number of carbonyl (C=O) groups is 1. The van der Waals surface area contributed by atoms with Crippen LogP contribution in [0.4, 0.5) is 0 Å². The Labute approximate surface area is 117 Å². The zero-order valence-electron chi connectivity index (χ0n) is 11.0. The van der Waals surface area contributed by atoms with E-state index in [1.807, 2.05) is 42.5 Å². The van der Waals surface area contributed by atoms with Crippen LogP contribution in [0, 0.1) is 0 Å². The number of carbonyl (C=O) groups excluding carboxylic acids is 1. The standard InChI is InChI=1S/C17H13NO2/c1-12-18-16(17(19)20-12)11-13-7-9-15(10-8-13)14-5-3-2-4-6-14/h2-11H,1H3. The molecule has 2 aromatic carbocycles. The number of benzene rings is 2. The fraction of sp³-hybridized carbons (Fsp3) is 0.0588. The van der Waals surface area contributed by atoms with Gasteiger partial charge in [-0.05, 0) is 22.8 Å². The first-order valence-electron chi connectivity index (χ1n) is 6.37. The fourth-order valence-corrected chi connectivity index (χ4v) is 2.08. The van der Waals surface area contributed by atoms with Crippen molar-refractivity contribution in [2.75, 3.05) is 0 Å². The van der Waals surface area contributed by atoms with Crippen molar-refractivity contribution in [2.45, 2.75) is 6.92 Å². The summed E-state index contributed by atoms with van der Waals surface area (Å²) in [5, 5.41) is 0. The van der Waals surface area contributed by atoms with Gasteiger partial charge in [-0.15, -0.1) is 0 Å². The van der Waals surface area contributed by atoms with E-state index in [0.29, 0.717) is 11.6 Å². The first-order chi connectivity index (χ1) is 9.72. The molecule has 1 aliphatic rings. The summed E-state index contributed by atoms with van der Waals surface area (Å²) < 4.78 is 4.88. The molecule has 2 aromatic rings. The molecule has 0 amide bonds. The SMILES string of the molecule is CC1=NC(=Cc2ccc(-c3ccccc3)cc2)C(=O)O1. The van der Waals surface area contributed by atoms with Crippen LogP contribution in [0.25, 0.3) is 17.2 Å². The Hall–Kier alpha value is -2.68. The number of nitrogens with zero attached hydrogens (tertiary/aromatic N) is 1. The molecule has 0 radical (unpaired) electrons. The minimum atomic E-state index is -0.394. The Morgan fingerprint density at radius 3 is 2.20 bits per heavy atom. The second-order valence-electron chi connectivity index (χ2n) is 4.54. The highest BCUT2D eigenvalue weighted by atomic mass is 16.6. The van der Waals surface area contributed by atoms with Crippen LogP contribution in [0.2, 0.25) is 0 Å². The van der Waals surface area contributed by atoms with Crippen LogP contribution >= 0.6 is 0 Å². The Bertz CT molecular complexity index is 698. The molecule has 0 N–H and O–H groups in total. The van der Waals surface area contributed by atoms with Crippen LogP contribution in [0.1, 0.15) is 12.5 Å². The van der Waals surface area contributed by atoms with Gasteiger partial charge < -0.3 is 4.74 Å². The van der Waals surface area contributed by atoms with E-state index in [4.69, 9.17) is 4.74 Å². The van der Waals surface area contributed by atoms with Gasteiger partial charge in [0.2, 0.25) is 0 Å². The summed E-state index contributed by atoms with van der Waals surface area (Å²) in [6, 6.07) is 18.1. The highest BCUT2D eigenvalue weighted by Crippen LogP contribution is 2.21. The van der Waals surface area contributed by atoms with Crippen LogP contribution in [0.3, 0.4) is 0 Å². The Morgan fingerprint density at radius 2 is 1.60 bits per heavy atom. The van der Waals surface area contributed by atoms with Crippen molar-refractivity contribution in [3.8, 4) is 11.1 Å². The lowest BCUT2D eigenvalue weighted by Gasteiger charge is -2.01. The molecule has 0 saturated carbocycles. The monoisotopic (exact) mass is 263 g/mol. The molecular weight excluding hydrogens is 250 g/mol. The summed E-state index contributed by atoms with van der Waals surface area (Å²) in [5.41, 5.74) is 3.58. The van der Waals surface area contributed by atoms with Crippen LogP contribution in [-0.2, 0) is 9.53 Å². The molecular formula is C17H13NO2. The molecule has 3 heteroatoms. The average molecular weight is 263 g/mol. The number of ether oxygens (including phenoxy) is 1. The van der Waals surface area contributed by atoms with Gasteiger partial charge in [0.05, 0.1) is 0 Å². The third-order valence-corrected chi connectivity index (χ3v) is 3.05. The van der Waals surface area contributed by atoms with E-state index in [1.165, 1.54) is 5.56 Å². The highest BCUT2D eigenvalue weighted by molar-refractivity contribution is 6.06. The van der Waals surface area contributed by atoms with Gasteiger partial charge in [-0.3, -0.25) is 0 Å². The lowest BCUT2D eigenvalue weighted by atomic mass is 10.0. The van der Waals surface area contributed by atoms with Gasteiger partial charge in [0.25, 0.3) is 0 Å². The zero-order chi connectivity index (χ0) is 13.9. The van der Waals surface area contributed by atoms with Crippen molar-refractivity contribution in [3.63, 3.8) is 0 Å². The maximum atomic E-state index is 11.5. The molecule has 0 bridgehead atoms. The molecule has 0 saturated heterocycles. The maximum absolute atomic E-state index is 11.5. The molecule has 0 spiro atoms. The van der Waals surface area contributed by atoms with E-state index in [1.54, 1.807) is 13.0 Å². The van der Waals surface area contributed by atoms with E-state index < -0.39 is 5.97 Å². The van der Waals surface area contributed by atoms with Gasteiger partial charge >= 0.3 is 5.97 Å². The summed E-state index contributed by atoms with van der Waals surface area (Å²) in [5.74, 6) is -0.00297. The molecule has 3 nitrogen and oxygen atoms in total. The highest BCUT2D eigenvalue weighted by Gasteiger charge is 2.19. The minimum Gasteiger partial charge on any atom is -0.407 e. The van der Waals surface area contributed by atoms with Gasteiger partial charge in [-0.1, -0.05) is 54.6 Å². The molecule has 3 rings (SSSR count). The summed E-state index contributed by atoms with van der Waals surface area (Å²) in [4.78, 5) is 15.5. The first-order valence-corrected chi connectivity index (χ1v) is 6.37. The number of hydrogen-bond acceptors (Lipinski definition) is 3. The van der Waals surface area contributed by atoms with Crippen LogP contribution in [0.15, 0.2) is 65.3 Å². The van der Waals surface area contributed by atoms with Crippen molar-refractivity contribution in [3.05, 3.63) is 65.9 Å². The molecule has 98 valence electrons. The van der Waals surface area contributed by atoms with Crippen LogP contribution in [-0.4, -0.2) is 11.9 Å². The molecule has 0 fully saturated rings. The zero-order valence-corrected chi connectivity index (χ0v) is 11.0. The van der Waals surface area contributed by atoms with Crippen molar-refractivity contribution in [1.29, 1.82) is 0 Å². The summed E-state index contributed by atoms with van der Waals surface area (Å²) in [7, 11) is 0. The molecule has 0 aliphatic carbocycles. The lowest BCUT2D eigenvalue weighted by molar-refractivity contribution is -0.130. The normalized spacial score (nSPS) is 16.1. The van der Waals surface area contributed by atoms with Crippen molar-refractivity contribution in [1.82, 2.24) is 0 Å². The molecule has 0 unspecified atom stereocenters. The number of aliphatic imine (C=N–C) groups is 1. The van der Waals surface area contributed by atoms with Crippen LogP contribution in [0.5, 0.6) is 0 Å². The minimum absolute atomic E-state index is 0.343. The molecule has 1 heterocycles. The van der Waals surface area contributed by atoms with E-state index in [0.717, 1.165) is 11.1 Å². The van der Waals surface area contributed by atoms with Crippen molar-refractivity contribution in [2.24, 2.45) is 4.99 Å². The molecule has 0 aromatic heterocycles. The van der Waals surface area contributed by atoms with Crippen molar-refractivity contribution >= 4 is 17.9 Å². The van der Waals surface area contributed by atoms with Crippen LogP contribution < -0.4 is 0 Å².